The Kier molecular flexibility index (Phi) is 7.99. The number of carbonyl (C=O) groups is 2. The quantitative estimate of drug-likeness (QED) is 0.381. The molecular weight excluding hydrogens is 401 g/mol. The number of carbonyl (C=O) groups excluding carboxylic acids is 2. The van der Waals surface area contributed by atoms with Crippen molar-refractivity contribution < 1.29 is 22.8 Å². The summed E-state index contributed by atoms with van der Waals surface area (Å²) in [5.41, 5.74) is -0.493. The SMILES string of the molecule is O=C(CCCSc1ccc(Cl)cc1)NCC(=O)Nc1ccc(F)c(F)c1F. The molecule has 0 saturated heterocycles. The second kappa shape index (κ2) is 10.2. The zero-order chi connectivity index (χ0) is 19.8. The maximum Gasteiger partial charge on any atom is 0.243 e. The first-order valence-corrected chi connectivity index (χ1v) is 9.31. The summed E-state index contributed by atoms with van der Waals surface area (Å²) in [5.74, 6) is -4.89. The average molecular weight is 417 g/mol. The van der Waals surface area contributed by atoms with Gasteiger partial charge in [0.15, 0.2) is 17.5 Å². The molecule has 0 bridgehead atoms. The van der Waals surface area contributed by atoms with Gasteiger partial charge in [-0.2, -0.15) is 0 Å². The van der Waals surface area contributed by atoms with E-state index in [0.717, 1.165) is 11.0 Å². The summed E-state index contributed by atoms with van der Waals surface area (Å²) >= 11 is 7.37. The number of amides is 2. The molecule has 2 aromatic rings. The first kappa shape index (κ1) is 21.1. The van der Waals surface area contributed by atoms with Crippen LogP contribution in [0.3, 0.4) is 0 Å². The van der Waals surface area contributed by atoms with Gasteiger partial charge in [0.2, 0.25) is 11.8 Å². The summed E-state index contributed by atoms with van der Waals surface area (Å²) in [4.78, 5) is 24.4. The molecule has 2 aromatic carbocycles. The van der Waals surface area contributed by atoms with Crippen LogP contribution in [0.15, 0.2) is 41.3 Å². The first-order valence-electron chi connectivity index (χ1n) is 7.95. The third-order valence-electron chi connectivity index (χ3n) is 3.39. The van der Waals surface area contributed by atoms with Gasteiger partial charge in [-0.05, 0) is 48.6 Å². The van der Waals surface area contributed by atoms with Crippen LogP contribution in [0.2, 0.25) is 5.02 Å². The van der Waals surface area contributed by atoms with Gasteiger partial charge in [0, 0.05) is 16.3 Å². The van der Waals surface area contributed by atoms with E-state index in [1.54, 1.807) is 23.9 Å². The van der Waals surface area contributed by atoms with Gasteiger partial charge in [-0.1, -0.05) is 11.6 Å². The highest BCUT2D eigenvalue weighted by Gasteiger charge is 2.15. The van der Waals surface area contributed by atoms with Crippen LogP contribution in [0.5, 0.6) is 0 Å². The number of hydrogen-bond acceptors (Lipinski definition) is 3. The standard InChI is InChI=1S/C18H16ClF3N2O2S/c19-11-3-5-12(6-4-11)27-9-1-2-15(25)23-10-16(26)24-14-8-7-13(20)17(21)18(14)22/h3-8H,1-2,9-10H2,(H,23,25)(H,24,26). The molecule has 0 heterocycles. The highest BCUT2D eigenvalue weighted by Crippen LogP contribution is 2.21. The van der Waals surface area contributed by atoms with Crippen molar-refractivity contribution in [1.29, 1.82) is 0 Å². The number of thioether (sulfide) groups is 1. The Bertz CT molecular complexity index is 819. The van der Waals surface area contributed by atoms with Gasteiger partial charge in [0.1, 0.15) is 0 Å². The van der Waals surface area contributed by atoms with Crippen molar-refractivity contribution in [1.82, 2.24) is 5.32 Å². The average Bonchev–Trinajstić information content (AvgIpc) is 2.65. The summed E-state index contributed by atoms with van der Waals surface area (Å²) in [6, 6.07) is 8.94. The Labute approximate surface area is 163 Å². The molecule has 144 valence electrons. The second-order valence-electron chi connectivity index (χ2n) is 5.45. The number of hydrogen-bond donors (Lipinski definition) is 2. The molecule has 0 fully saturated rings. The Morgan fingerprint density at radius 1 is 0.963 bits per heavy atom. The van der Waals surface area contributed by atoms with Gasteiger partial charge in [-0.15, -0.1) is 11.8 Å². The fraction of sp³-hybridized carbons (Fsp3) is 0.222. The summed E-state index contributed by atoms with van der Waals surface area (Å²) < 4.78 is 39.4. The highest BCUT2D eigenvalue weighted by atomic mass is 35.5. The summed E-state index contributed by atoms with van der Waals surface area (Å²) in [7, 11) is 0. The molecule has 0 aliphatic rings. The smallest absolute Gasteiger partial charge is 0.243 e. The first-order chi connectivity index (χ1) is 12.9. The fourth-order valence-electron chi connectivity index (χ4n) is 2.04. The molecule has 2 N–H and O–H groups in total. The van der Waals surface area contributed by atoms with Crippen LogP contribution in [0, 0.1) is 17.5 Å². The lowest BCUT2D eigenvalue weighted by molar-refractivity contribution is -0.124. The van der Waals surface area contributed by atoms with E-state index in [1.165, 1.54) is 0 Å². The minimum absolute atomic E-state index is 0.216. The fourth-order valence-corrected chi connectivity index (χ4v) is 3.02. The van der Waals surface area contributed by atoms with Crippen LogP contribution in [0.4, 0.5) is 18.9 Å². The van der Waals surface area contributed by atoms with Crippen LogP contribution >= 0.6 is 23.4 Å². The topological polar surface area (TPSA) is 58.2 Å². The summed E-state index contributed by atoms with van der Waals surface area (Å²) in [6.45, 7) is -0.401. The molecular formula is C18H16ClF3N2O2S. The molecule has 0 saturated carbocycles. The number of nitrogens with one attached hydrogen (secondary N) is 2. The predicted molar refractivity (Wildman–Crippen MR) is 99.4 cm³/mol. The number of rotatable bonds is 8. The van der Waals surface area contributed by atoms with Gasteiger partial charge in [-0.25, -0.2) is 13.2 Å². The predicted octanol–water partition coefficient (Wildman–Crippen LogP) is 4.38. The van der Waals surface area contributed by atoms with Crippen LogP contribution in [0.1, 0.15) is 12.8 Å². The molecule has 0 atom stereocenters. The van der Waals surface area contributed by atoms with Gasteiger partial charge in [0.05, 0.1) is 12.2 Å². The van der Waals surface area contributed by atoms with E-state index in [-0.39, 0.29) is 12.3 Å². The Morgan fingerprint density at radius 2 is 1.67 bits per heavy atom. The second-order valence-corrected chi connectivity index (χ2v) is 7.06. The molecule has 27 heavy (non-hydrogen) atoms. The highest BCUT2D eigenvalue weighted by molar-refractivity contribution is 7.99. The molecule has 0 spiro atoms. The number of benzene rings is 2. The summed E-state index contributed by atoms with van der Waals surface area (Å²) in [5, 5.41) is 5.12. The van der Waals surface area contributed by atoms with E-state index in [2.05, 4.69) is 10.6 Å². The Hall–Kier alpha value is -2.19. The molecule has 4 nitrogen and oxygen atoms in total. The van der Waals surface area contributed by atoms with Crippen molar-refractivity contribution in [2.24, 2.45) is 0 Å². The lowest BCUT2D eigenvalue weighted by Crippen LogP contribution is -2.33. The third-order valence-corrected chi connectivity index (χ3v) is 4.74. The number of anilines is 1. The van der Waals surface area contributed by atoms with Crippen LogP contribution < -0.4 is 10.6 Å². The maximum absolute atomic E-state index is 13.5. The van der Waals surface area contributed by atoms with E-state index >= 15 is 0 Å². The molecule has 0 aliphatic carbocycles. The third kappa shape index (κ3) is 6.80. The van der Waals surface area contributed by atoms with E-state index in [4.69, 9.17) is 11.6 Å². The molecule has 0 aliphatic heterocycles. The monoisotopic (exact) mass is 416 g/mol. The van der Waals surface area contributed by atoms with Crippen molar-refractivity contribution in [2.45, 2.75) is 17.7 Å². The van der Waals surface area contributed by atoms with E-state index in [0.29, 0.717) is 23.3 Å². The van der Waals surface area contributed by atoms with Gasteiger partial charge in [0.25, 0.3) is 0 Å². The lowest BCUT2D eigenvalue weighted by atomic mass is 10.2. The lowest BCUT2D eigenvalue weighted by Gasteiger charge is -2.08. The minimum Gasteiger partial charge on any atom is -0.347 e. The Morgan fingerprint density at radius 3 is 2.37 bits per heavy atom. The minimum atomic E-state index is -1.67. The number of halogens is 4. The van der Waals surface area contributed by atoms with E-state index in [9.17, 15) is 22.8 Å². The largest absolute Gasteiger partial charge is 0.347 e. The van der Waals surface area contributed by atoms with Crippen molar-refractivity contribution >= 4 is 40.9 Å². The van der Waals surface area contributed by atoms with Crippen LogP contribution in [-0.4, -0.2) is 24.1 Å². The van der Waals surface area contributed by atoms with Crippen molar-refractivity contribution in [3.05, 3.63) is 58.9 Å². The molecule has 9 heteroatoms. The zero-order valence-electron chi connectivity index (χ0n) is 14.0. The van der Waals surface area contributed by atoms with Crippen molar-refractivity contribution in [3.8, 4) is 0 Å². The van der Waals surface area contributed by atoms with Gasteiger partial charge < -0.3 is 10.6 Å². The molecule has 0 radical (unpaired) electrons. The van der Waals surface area contributed by atoms with E-state index < -0.39 is 35.6 Å². The molecule has 0 aromatic heterocycles. The normalized spacial score (nSPS) is 10.5. The maximum atomic E-state index is 13.5. The summed E-state index contributed by atoms with van der Waals surface area (Å²) in [6.07, 6.45) is 0.811. The van der Waals surface area contributed by atoms with Crippen molar-refractivity contribution in [3.63, 3.8) is 0 Å². The Balaban J connectivity index is 1.67. The van der Waals surface area contributed by atoms with Gasteiger partial charge >= 0.3 is 0 Å². The van der Waals surface area contributed by atoms with Crippen LogP contribution in [-0.2, 0) is 9.59 Å². The van der Waals surface area contributed by atoms with Crippen molar-refractivity contribution in [2.75, 3.05) is 17.6 Å². The molecule has 2 rings (SSSR count). The van der Waals surface area contributed by atoms with E-state index in [1.807, 2.05) is 12.1 Å². The molecule has 0 unspecified atom stereocenters. The zero-order valence-corrected chi connectivity index (χ0v) is 15.6. The van der Waals surface area contributed by atoms with Gasteiger partial charge in [-0.3, -0.25) is 9.59 Å². The van der Waals surface area contributed by atoms with Crippen LogP contribution in [0.25, 0.3) is 0 Å². The molecule has 2 amide bonds.